The standard InChI is InChI=1S/C19H16N2O4/c1-2-7-17-15-10-6-11-18(21(23)24)16(15)12-13-20(17)19(22)25-14-8-4-3-5-9-14/h2-6,8-13,17H,1,7H2. The lowest BCUT2D eigenvalue weighted by molar-refractivity contribution is -0.385. The Bertz CT molecular complexity index is 846. The van der Waals surface area contributed by atoms with Crippen molar-refractivity contribution in [3.8, 4) is 5.75 Å². The molecular formula is C19H16N2O4. The number of fused-ring (bicyclic) bond motifs is 1. The number of hydrogen-bond acceptors (Lipinski definition) is 4. The molecule has 25 heavy (non-hydrogen) atoms. The number of hydrogen-bond donors (Lipinski definition) is 0. The monoisotopic (exact) mass is 336 g/mol. The van der Waals surface area contributed by atoms with E-state index in [-0.39, 0.29) is 5.69 Å². The molecule has 1 heterocycles. The summed E-state index contributed by atoms with van der Waals surface area (Å²) in [5, 5.41) is 11.2. The van der Waals surface area contributed by atoms with E-state index in [1.807, 2.05) is 6.07 Å². The summed E-state index contributed by atoms with van der Waals surface area (Å²) in [5.74, 6) is 0.433. The molecule has 0 aliphatic carbocycles. The van der Waals surface area contributed by atoms with Gasteiger partial charge in [-0.3, -0.25) is 15.0 Å². The van der Waals surface area contributed by atoms with E-state index >= 15 is 0 Å². The highest BCUT2D eigenvalue weighted by Gasteiger charge is 2.31. The Morgan fingerprint density at radius 1 is 1.24 bits per heavy atom. The average molecular weight is 336 g/mol. The minimum Gasteiger partial charge on any atom is -0.410 e. The molecule has 1 atom stereocenters. The van der Waals surface area contributed by atoms with Gasteiger partial charge in [0.2, 0.25) is 0 Å². The van der Waals surface area contributed by atoms with Gasteiger partial charge < -0.3 is 4.74 Å². The number of nitrogens with zero attached hydrogens (tertiary/aromatic N) is 2. The molecule has 0 radical (unpaired) electrons. The van der Waals surface area contributed by atoms with Crippen LogP contribution in [0.1, 0.15) is 23.6 Å². The van der Waals surface area contributed by atoms with E-state index in [2.05, 4.69) is 6.58 Å². The summed E-state index contributed by atoms with van der Waals surface area (Å²) in [7, 11) is 0. The minimum absolute atomic E-state index is 0.0129. The van der Waals surface area contributed by atoms with Crippen LogP contribution in [0, 0.1) is 10.1 Å². The number of amides is 1. The lowest BCUT2D eigenvalue weighted by Crippen LogP contribution is -2.34. The highest BCUT2D eigenvalue weighted by Crippen LogP contribution is 2.37. The molecule has 0 saturated heterocycles. The summed E-state index contributed by atoms with van der Waals surface area (Å²) in [5.41, 5.74) is 1.21. The zero-order valence-electron chi connectivity index (χ0n) is 13.4. The number of para-hydroxylation sites is 1. The molecule has 0 bridgehead atoms. The fourth-order valence-corrected chi connectivity index (χ4v) is 2.84. The molecule has 0 spiro atoms. The van der Waals surface area contributed by atoms with Crippen LogP contribution in [0.25, 0.3) is 6.08 Å². The Morgan fingerprint density at radius 3 is 2.68 bits per heavy atom. The van der Waals surface area contributed by atoms with Crippen LogP contribution in [0.15, 0.2) is 67.4 Å². The molecule has 6 heteroatoms. The molecule has 0 aromatic heterocycles. The smallest absolute Gasteiger partial charge is 0.410 e. The minimum atomic E-state index is -0.550. The van der Waals surface area contributed by atoms with Gasteiger partial charge in [-0.05, 0) is 30.2 Å². The number of benzene rings is 2. The first-order chi connectivity index (χ1) is 12.1. The second-order valence-corrected chi connectivity index (χ2v) is 5.48. The summed E-state index contributed by atoms with van der Waals surface area (Å²) >= 11 is 0. The van der Waals surface area contributed by atoms with Gasteiger partial charge in [-0.25, -0.2) is 4.79 Å². The van der Waals surface area contributed by atoms with Crippen molar-refractivity contribution in [3.05, 3.63) is 88.6 Å². The Hall–Kier alpha value is -3.41. The number of ether oxygens (including phenoxy) is 1. The molecule has 0 N–H and O–H groups in total. The zero-order valence-corrected chi connectivity index (χ0v) is 13.4. The molecule has 1 unspecified atom stereocenters. The maximum absolute atomic E-state index is 12.6. The molecule has 6 nitrogen and oxygen atoms in total. The quantitative estimate of drug-likeness (QED) is 0.461. The maximum atomic E-state index is 12.6. The highest BCUT2D eigenvalue weighted by atomic mass is 16.6. The number of rotatable bonds is 4. The molecule has 3 rings (SSSR count). The Labute approximate surface area is 144 Å². The third kappa shape index (κ3) is 3.28. The van der Waals surface area contributed by atoms with E-state index in [1.165, 1.54) is 17.2 Å². The molecule has 1 aliphatic heterocycles. The summed E-state index contributed by atoms with van der Waals surface area (Å²) in [6.45, 7) is 3.73. The van der Waals surface area contributed by atoms with E-state index in [0.29, 0.717) is 23.3 Å². The maximum Gasteiger partial charge on any atom is 0.419 e. The van der Waals surface area contributed by atoms with E-state index in [1.54, 1.807) is 48.6 Å². The van der Waals surface area contributed by atoms with Crippen LogP contribution >= 0.6 is 0 Å². The van der Waals surface area contributed by atoms with Crippen LogP contribution in [-0.2, 0) is 0 Å². The van der Waals surface area contributed by atoms with Crippen molar-refractivity contribution in [2.24, 2.45) is 0 Å². The van der Waals surface area contributed by atoms with Gasteiger partial charge in [0.15, 0.2) is 0 Å². The van der Waals surface area contributed by atoms with Crippen LogP contribution in [0.3, 0.4) is 0 Å². The van der Waals surface area contributed by atoms with E-state index in [4.69, 9.17) is 4.74 Å². The van der Waals surface area contributed by atoms with E-state index in [9.17, 15) is 14.9 Å². The third-order valence-electron chi connectivity index (χ3n) is 3.96. The SMILES string of the molecule is C=CCC1c2cccc([N+](=O)[O-])c2C=CN1C(=O)Oc1ccccc1. The Morgan fingerprint density at radius 2 is 2.00 bits per heavy atom. The van der Waals surface area contributed by atoms with E-state index in [0.717, 1.165) is 0 Å². The topological polar surface area (TPSA) is 72.7 Å². The zero-order chi connectivity index (χ0) is 17.8. The fraction of sp³-hybridized carbons (Fsp3) is 0.105. The summed E-state index contributed by atoms with van der Waals surface area (Å²) in [6.07, 6.45) is 4.66. The summed E-state index contributed by atoms with van der Waals surface area (Å²) in [6, 6.07) is 13.2. The second-order valence-electron chi connectivity index (χ2n) is 5.48. The van der Waals surface area contributed by atoms with E-state index < -0.39 is 17.1 Å². The van der Waals surface area contributed by atoms with Crippen molar-refractivity contribution in [3.63, 3.8) is 0 Å². The summed E-state index contributed by atoms with van der Waals surface area (Å²) in [4.78, 5) is 24.8. The molecule has 126 valence electrons. The van der Waals surface area contributed by atoms with Gasteiger partial charge in [0.1, 0.15) is 5.75 Å². The normalized spacial score (nSPS) is 15.4. The number of nitro benzene ring substituents is 1. The highest BCUT2D eigenvalue weighted by molar-refractivity contribution is 5.77. The van der Waals surface area contributed by atoms with Crippen molar-refractivity contribution in [2.75, 3.05) is 0 Å². The first kappa shape index (κ1) is 16.4. The Kier molecular flexibility index (Phi) is 4.61. The third-order valence-corrected chi connectivity index (χ3v) is 3.96. The average Bonchev–Trinajstić information content (AvgIpc) is 2.62. The largest absolute Gasteiger partial charge is 0.419 e. The molecule has 0 saturated carbocycles. The Balaban J connectivity index is 1.95. The second kappa shape index (κ2) is 7.00. The number of carbonyl (C=O) groups is 1. The number of carbonyl (C=O) groups excluding carboxylic acids is 1. The van der Waals surface area contributed by atoms with Crippen molar-refractivity contribution in [2.45, 2.75) is 12.5 Å². The number of nitro groups is 1. The van der Waals surface area contributed by atoms with Crippen LogP contribution in [0.4, 0.5) is 10.5 Å². The van der Waals surface area contributed by atoms with Gasteiger partial charge in [0, 0.05) is 12.3 Å². The van der Waals surface area contributed by atoms with Crippen molar-refractivity contribution < 1.29 is 14.5 Å². The molecule has 1 aliphatic rings. The van der Waals surface area contributed by atoms with Crippen molar-refractivity contribution in [1.29, 1.82) is 0 Å². The lowest BCUT2D eigenvalue weighted by Gasteiger charge is -2.31. The van der Waals surface area contributed by atoms with Gasteiger partial charge in [-0.1, -0.05) is 36.4 Å². The van der Waals surface area contributed by atoms with Crippen molar-refractivity contribution in [1.82, 2.24) is 4.90 Å². The molecule has 0 fully saturated rings. The van der Waals surface area contributed by atoms with Gasteiger partial charge in [-0.15, -0.1) is 6.58 Å². The van der Waals surface area contributed by atoms with Gasteiger partial charge >= 0.3 is 6.09 Å². The first-order valence-electron chi connectivity index (χ1n) is 7.73. The predicted octanol–water partition coefficient (Wildman–Crippen LogP) is 4.70. The summed E-state index contributed by atoms with van der Waals surface area (Å²) < 4.78 is 5.39. The van der Waals surface area contributed by atoms with Crippen LogP contribution < -0.4 is 4.74 Å². The van der Waals surface area contributed by atoms with Crippen LogP contribution in [-0.4, -0.2) is 15.9 Å². The molecular weight excluding hydrogens is 320 g/mol. The van der Waals surface area contributed by atoms with Gasteiger partial charge in [-0.2, -0.15) is 0 Å². The first-order valence-corrected chi connectivity index (χ1v) is 7.73. The molecule has 2 aromatic rings. The van der Waals surface area contributed by atoms with Crippen molar-refractivity contribution >= 4 is 17.9 Å². The predicted molar refractivity (Wildman–Crippen MR) is 94.0 cm³/mol. The lowest BCUT2D eigenvalue weighted by atomic mass is 9.93. The fourth-order valence-electron chi connectivity index (χ4n) is 2.84. The van der Waals surface area contributed by atoms with Gasteiger partial charge in [0.05, 0.1) is 16.5 Å². The van der Waals surface area contributed by atoms with Crippen LogP contribution in [0.2, 0.25) is 0 Å². The van der Waals surface area contributed by atoms with Gasteiger partial charge in [0.25, 0.3) is 5.69 Å². The van der Waals surface area contributed by atoms with Crippen LogP contribution in [0.5, 0.6) is 5.75 Å². The molecule has 1 amide bonds. The molecule has 2 aromatic carbocycles.